The molecule has 28 heavy (non-hydrogen) atoms. The second kappa shape index (κ2) is 8.84. The van der Waals surface area contributed by atoms with Gasteiger partial charge in [-0.05, 0) is 52.6 Å². The maximum Gasteiger partial charge on any atom is 0.267 e. The van der Waals surface area contributed by atoms with Crippen molar-refractivity contribution < 1.29 is 4.74 Å². The van der Waals surface area contributed by atoms with Crippen molar-refractivity contribution in [3.8, 4) is 23.0 Å². The second-order valence-electron chi connectivity index (χ2n) is 7.22. The third kappa shape index (κ3) is 4.67. The van der Waals surface area contributed by atoms with E-state index in [0.29, 0.717) is 18.2 Å². The van der Waals surface area contributed by atoms with Crippen molar-refractivity contribution >= 4 is 0 Å². The van der Waals surface area contributed by atoms with Crippen molar-refractivity contribution in [3.63, 3.8) is 0 Å². The van der Waals surface area contributed by atoms with Gasteiger partial charge in [0.1, 0.15) is 5.69 Å². The van der Waals surface area contributed by atoms with E-state index in [1.54, 1.807) is 16.8 Å². The SMILES string of the molecule is CC(C)n1nc(-c2cc(OCCCN(C)C)nn2-c2ccccc2)ccc1=O. The molecule has 0 fully saturated rings. The van der Waals surface area contributed by atoms with Crippen molar-refractivity contribution in [1.82, 2.24) is 24.5 Å². The van der Waals surface area contributed by atoms with E-state index >= 15 is 0 Å². The van der Waals surface area contributed by atoms with Crippen molar-refractivity contribution in [2.24, 2.45) is 0 Å². The van der Waals surface area contributed by atoms with Gasteiger partial charge in [0.15, 0.2) is 0 Å². The number of rotatable bonds is 8. The quantitative estimate of drug-likeness (QED) is 0.561. The van der Waals surface area contributed by atoms with Gasteiger partial charge in [0.25, 0.3) is 5.56 Å². The molecule has 0 radical (unpaired) electrons. The third-order valence-corrected chi connectivity index (χ3v) is 4.26. The summed E-state index contributed by atoms with van der Waals surface area (Å²) in [6.07, 6.45) is 0.914. The Morgan fingerprint density at radius 3 is 2.50 bits per heavy atom. The fourth-order valence-corrected chi connectivity index (χ4v) is 2.87. The molecular weight excluding hydrogens is 354 g/mol. The van der Waals surface area contributed by atoms with Crippen LogP contribution in [0.15, 0.2) is 53.3 Å². The number of hydrogen-bond donors (Lipinski definition) is 0. The Balaban J connectivity index is 1.97. The molecule has 7 nitrogen and oxygen atoms in total. The molecule has 3 rings (SSSR count). The molecule has 0 N–H and O–H groups in total. The van der Waals surface area contributed by atoms with Crippen molar-refractivity contribution in [2.45, 2.75) is 26.3 Å². The average molecular weight is 381 g/mol. The van der Waals surface area contributed by atoms with E-state index in [4.69, 9.17) is 4.74 Å². The van der Waals surface area contributed by atoms with Crippen LogP contribution in [0.25, 0.3) is 17.1 Å². The van der Waals surface area contributed by atoms with E-state index < -0.39 is 0 Å². The molecule has 0 amide bonds. The van der Waals surface area contributed by atoms with Crippen molar-refractivity contribution in [2.75, 3.05) is 27.2 Å². The Morgan fingerprint density at radius 1 is 1.07 bits per heavy atom. The number of benzene rings is 1. The molecule has 2 aromatic heterocycles. The van der Waals surface area contributed by atoms with E-state index in [-0.39, 0.29) is 11.6 Å². The first-order valence-electron chi connectivity index (χ1n) is 9.49. The first kappa shape index (κ1) is 19.8. The Kier molecular flexibility index (Phi) is 6.26. The van der Waals surface area contributed by atoms with E-state index in [1.807, 2.05) is 64.3 Å². The largest absolute Gasteiger partial charge is 0.477 e. The highest BCUT2D eigenvalue weighted by atomic mass is 16.5. The Hall–Kier alpha value is -2.93. The van der Waals surface area contributed by atoms with Gasteiger partial charge < -0.3 is 9.64 Å². The summed E-state index contributed by atoms with van der Waals surface area (Å²) in [6, 6.07) is 15.0. The van der Waals surface area contributed by atoms with Crippen LogP contribution < -0.4 is 10.3 Å². The highest BCUT2D eigenvalue weighted by Crippen LogP contribution is 2.25. The van der Waals surface area contributed by atoms with Gasteiger partial charge in [0, 0.05) is 18.7 Å². The summed E-state index contributed by atoms with van der Waals surface area (Å²) < 4.78 is 9.15. The van der Waals surface area contributed by atoms with Crippen LogP contribution in [0.4, 0.5) is 0 Å². The molecule has 0 unspecified atom stereocenters. The molecule has 7 heteroatoms. The van der Waals surface area contributed by atoms with E-state index in [1.165, 1.54) is 4.68 Å². The van der Waals surface area contributed by atoms with Gasteiger partial charge in [0.2, 0.25) is 5.88 Å². The fraction of sp³-hybridized carbons (Fsp3) is 0.381. The zero-order valence-electron chi connectivity index (χ0n) is 16.9. The molecule has 0 atom stereocenters. The maximum absolute atomic E-state index is 12.1. The van der Waals surface area contributed by atoms with Crippen molar-refractivity contribution in [1.29, 1.82) is 0 Å². The van der Waals surface area contributed by atoms with Crippen LogP contribution in [0.5, 0.6) is 5.88 Å². The van der Waals surface area contributed by atoms with Gasteiger partial charge in [-0.1, -0.05) is 18.2 Å². The molecule has 0 saturated carbocycles. The van der Waals surface area contributed by atoms with E-state index in [0.717, 1.165) is 24.3 Å². The lowest BCUT2D eigenvalue weighted by atomic mass is 10.2. The van der Waals surface area contributed by atoms with Crippen LogP contribution in [-0.4, -0.2) is 51.7 Å². The number of hydrogen-bond acceptors (Lipinski definition) is 5. The summed E-state index contributed by atoms with van der Waals surface area (Å²) >= 11 is 0. The van der Waals surface area contributed by atoms with Crippen molar-refractivity contribution in [3.05, 3.63) is 58.9 Å². The Labute approximate surface area is 165 Å². The standard InChI is InChI=1S/C21H27N5O2/c1-16(2)25-21(27)12-11-18(22-25)19-15-20(28-14-8-13-24(3)4)23-26(19)17-9-6-5-7-10-17/h5-7,9-12,15-16H,8,13-14H2,1-4H3. The van der Waals surface area contributed by atoms with Gasteiger partial charge in [-0.3, -0.25) is 4.79 Å². The lowest BCUT2D eigenvalue weighted by Crippen LogP contribution is -2.24. The number of ether oxygens (including phenoxy) is 1. The normalized spacial score (nSPS) is 11.4. The summed E-state index contributed by atoms with van der Waals surface area (Å²) in [5, 5.41) is 9.17. The lowest BCUT2D eigenvalue weighted by molar-refractivity contribution is 0.272. The van der Waals surface area contributed by atoms with E-state index in [9.17, 15) is 4.79 Å². The predicted molar refractivity (Wildman–Crippen MR) is 110 cm³/mol. The molecule has 0 aliphatic carbocycles. The zero-order valence-corrected chi connectivity index (χ0v) is 16.9. The van der Waals surface area contributed by atoms with Crippen LogP contribution >= 0.6 is 0 Å². The number of para-hydroxylation sites is 1. The smallest absolute Gasteiger partial charge is 0.267 e. The second-order valence-corrected chi connectivity index (χ2v) is 7.22. The lowest BCUT2D eigenvalue weighted by Gasteiger charge is -2.11. The van der Waals surface area contributed by atoms with Crippen LogP contribution in [0, 0.1) is 0 Å². The third-order valence-electron chi connectivity index (χ3n) is 4.26. The minimum Gasteiger partial charge on any atom is -0.477 e. The highest BCUT2D eigenvalue weighted by molar-refractivity contribution is 5.59. The van der Waals surface area contributed by atoms with Gasteiger partial charge in [-0.15, -0.1) is 5.10 Å². The molecule has 0 saturated heterocycles. The number of nitrogens with zero attached hydrogens (tertiary/aromatic N) is 5. The molecule has 0 bridgehead atoms. The molecule has 2 heterocycles. The van der Waals surface area contributed by atoms with Gasteiger partial charge in [-0.25, -0.2) is 9.36 Å². The zero-order chi connectivity index (χ0) is 20.1. The summed E-state index contributed by atoms with van der Waals surface area (Å²) in [5.41, 5.74) is 2.24. The first-order chi connectivity index (χ1) is 13.5. The summed E-state index contributed by atoms with van der Waals surface area (Å²) in [5.74, 6) is 0.543. The summed E-state index contributed by atoms with van der Waals surface area (Å²) in [6.45, 7) is 5.41. The summed E-state index contributed by atoms with van der Waals surface area (Å²) in [4.78, 5) is 14.2. The fourth-order valence-electron chi connectivity index (χ4n) is 2.87. The van der Waals surface area contributed by atoms with Gasteiger partial charge >= 0.3 is 0 Å². The Bertz CT molecular complexity index is 960. The molecular formula is C21H27N5O2. The van der Waals surface area contributed by atoms with E-state index in [2.05, 4.69) is 15.1 Å². The first-order valence-corrected chi connectivity index (χ1v) is 9.49. The molecule has 0 aliphatic heterocycles. The molecule has 1 aromatic carbocycles. The minimum absolute atomic E-state index is 0.0256. The maximum atomic E-state index is 12.1. The van der Waals surface area contributed by atoms with Crippen LogP contribution in [0.3, 0.4) is 0 Å². The van der Waals surface area contributed by atoms with Crippen LogP contribution in [-0.2, 0) is 0 Å². The monoisotopic (exact) mass is 381 g/mol. The van der Waals surface area contributed by atoms with Gasteiger partial charge in [0.05, 0.1) is 24.0 Å². The molecule has 0 spiro atoms. The summed E-state index contributed by atoms with van der Waals surface area (Å²) in [7, 11) is 4.08. The molecule has 3 aromatic rings. The minimum atomic E-state index is -0.121. The topological polar surface area (TPSA) is 65.2 Å². The molecule has 0 aliphatic rings. The van der Waals surface area contributed by atoms with Gasteiger partial charge in [-0.2, -0.15) is 5.10 Å². The average Bonchev–Trinajstić information content (AvgIpc) is 3.10. The Morgan fingerprint density at radius 2 is 1.82 bits per heavy atom. The van der Waals surface area contributed by atoms with Crippen LogP contribution in [0.2, 0.25) is 0 Å². The number of aromatic nitrogens is 4. The van der Waals surface area contributed by atoms with Crippen LogP contribution in [0.1, 0.15) is 26.3 Å². The predicted octanol–water partition coefficient (Wildman–Crippen LogP) is 3.01. The highest BCUT2D eigenvalue weighted by Gasteiger charge is 2.15. The molecule has 148 valence electrons.